The minimum absolute atomic E-state index is 0.0311. The topological polar surface area (TPSA) is 60.8 Å². The molecule has 1 rings (SSSR count). The van der Waals surface area contributed by atoms with Crippen molar-refractivity contribution in [1.82, 2.24) is 4.90 Å². The second-order valence-electron chi connectivity index (χ2n) is 4.37. The second-order valence-corrected chi connectivity index (χ2v) is 4.37. The Hall–Kier alpha value is -1.39. The fourth-order valence-corrected chi connectivity index (χ4v) is 1.58. The Balaban J connectivity index is 2.68. The molecule has 0 spiro atoms. The van der Waals surface area contributed by atoms with E-state index < -0.39 is 5.97 Å². The van der Waals surface area contributed by atoms with Crippen LogP contribution in [0, 0.1) is 0 Å². The van der Waals surface area contributed by atoms with Gasteiger partial charge in [0, 0.05) is 12.6 Å². The number of aliphatic carboxylic acids is 1. The molecular weight excluding hydrogens is 218 g/mol. The zero-order valence-electron chi connectivity index (χ0n) is 10.3. The minimum Gasteiger partial charge on any atom is -0.480 e. The van der Waals surface area contributed by atoms with Gasteiger partial charge in [-0.2, -0.15) is 0 Å². The van der Waals surface area contributed by atoms with E-state index in [2.05, 4.69) is 0 Å². The van der Waals surface area contributed by atoms with Gasteiger partial charge < -0.3 is 10.2 Å². The van der Waals surface area contributed by atoms with Crippen molar-refractivity contribution in [3.05, 3.63) is 35.4 Å². The van der Waals surface area contributed by atoms with E-state index >= 15 is 0 Å². The summed E-state index contributed by atoms with van der Waals surface area (Å²) in [6.45, 7) is 4.63. The van der Waals surface area contributed by atoms with Crippen LogP contribution in [0.1, 0.15) is 25.0 Å². The lowest BCUT2D eigenvalue weighted by atomic mass is 10.1. The molecule has 0 aromatic heterocycles. The van der Waals surface area contributed by atoms with E-state index in [0.29, 0.717) is 6.54 Å². The number of benzene rings is 1. The van der Waals surface area contributed by atoms with Crippen LogP contribution in [-0.2, 0) is 17.9 Å². The van der Waals surface area contributed by atoms with Gasteiger partial charge in [0.25, 0.3) is 0 Å². The molecule has 0 atom stereocenters. The molecule has 0 radical (unpaired) electrons. The molecule has 2 N–H and O–H groups in total. The smallest absolute Gasteiger partial charge is 0.317 e. The van der Waals surface area contributed by atoms with Crippen molar-refractivity contribution in [2.45, 2.75) is 33.0 Å². The Morgan fingerprint density at radius 3 is 2.18 bits per heavy atom. The van der Waals surface area contributed by atoms with Gasteiger partial charge in [0.15, 0.2) is 0 Å². The van der Waals surface area contributed by atoms with Gasteiger partial charge in [-0.05, 0) is 25.0 Å². The SMILES string of the molecule is CC(C)N(CC(=O)O)Cc1ccc(CO)cc1. The van der Waals surface area contributed by atoms with Gasteiger partial charge in [-0.25, -0.2) is 0 Å². The van der Waals surface area contributed by atoms with Crippen LogP contribution in [0.2, 0.25) is 0 Å². The monoisotopic (exact) mass is 237 g/mol. The summed E-state index contributed by atoms with van der Waals surface area (Å²) in [6.07, 6.45) is 0. The van der Waals surface area contributed by atoms with Crippen molar-refractivity contribution >= 4 is 5.97 Å². The molecule has 0 aliphatic rings. The summed E-state index contributed by atoms with van der Waals surface area (Å²) >= 11 is 0. The van der Waals surface area contributed by atoms with E-state index in [4.69, 9.17) is 10.2 Å². The standard InChI is InChI=1S/C13H19NO3/c1-10(2)14(8-13(16)17)7-11-3-5-12(9-15)6-4-11/h3-6,10,15H,7-9H2,1-2H3,(H,16,17). The molecule has 0 saturated carbocycles. The van der Waals surface area contributed by atoms with Crippen LogP contribution in [0.15, 0.2) is 24.3 Å². The van der Waals surface area contributed by atoms with Gasteiger partial charge in [-0.1, -0.05) is 24.3 Å². The molecule has 1 aromatic rings. The molecule has 0 unspecified atom stereocenters. The zero-order chi connectivity index (χ0) is 12.8. The molecule has 0 bridgehead atoms. The van der Waals surface area contributed by atoms with E-state index in [1.165, 1.54) is 0 Å². The minimum atomic E-state index is -0.814. The van der Waals surface area contributed by atoms with Crippen molar-refractivity contribution in [3.63, 3.8) is 0 Å². The summed E-state index contributed by atoms with van der Waals surface area (Å²) in [5, 5.41) is 17.7. The Labute approximate surface area is 101 Å². The maximum atomic E-state index is 10.7. The second kappa shape index (κ2) is 6.37. The first-order valence-electron chi connectivity index (χ1n) is 5.67. The normalized spacial score (nSPS) is 11.1. The van der Waals surface area contributed by atoms with E-state index in [1.807, 2.05) is 43.0 Å². The highest BCUT2D eigenvalue weighted by Gasteiger charge is 2.13. The van der Waals surface area contributed by atoms with E-state index in [-0.39, 0.29) is 19.2 Å². The van der Waals surface area contributed by atoms with E-state index in [0.717, 1.165) is 11.1 Å². The average Bonchev–Trinajstić information content (AvgIpc) is 2.28. The van der Waals surface area contributed by atoms with E-state index in [1.54, 1.807) is 0 Å². The molecule has 4 nitrogen and oxygen atoms in total. The number of nitrogens with zero attached hydrogens (tertiary/aromatic N) is 1. The molecule has 0 amide bonds. The Bertz CT molecular complexity index is 359. The van der Waals surface area contributed by atoms with Gasteiger partial charge in [0.2, 0.25) is 0 Å². The van der Waals surface area contributed by atoms with Crippen molar-refractivity contribution in [2.75, 3.05) is 6.54 Å². The van der Waals surface area contributed by atoms with Crippen LogP contribution in [0.3, 0.4) is 0 Å². The summed E-state index contributed by atoms with van der Waals surface area (Å²) in [5.74, 6) is -0.814. The van der Waals surface area contributed by atoms with Gasteiger partial charge in [-0.3, -0.25) is 9.69 Å². The first-order chi connectivity index (χ1) is 8.02. The van der Waals surface area contributed by atoms with Crippen LogP contribution in [0.25, 0.3) is 0 Å². The van der Waals surface area contributed by atoms with Gasteiger partial charge >= 0.3 is 5.97 Å². The molecular formula is C13H19NO3. The summed E-state index contributed by atoms with van der Waals surface area (Å²) in [7, 11) is 0. The highest BCUT2D eigenvalue weighted by Crippen LogP contribution is 2.10. The van der Waals surface area contributed by atoms with Crippen LogP contribution in [0.4, 0.5) is 0 Å². The third-order valence-corrected chi connectivity index (χ3v) is 2.66. The first kappa shape index (κ1) is 13.7. The van der Waals surface area contributed by atoms with Gasteiger partial charge in [0.1, 0.15) is 0 Å². The molecule has 4 heteroatoms. The van der Waals surface area contributed by atoms with Crippen LogP contribution >= 0.6 is 0 Å². The van der Waals surface area contributed by atoms with Crippen molar-refractivity contribution in [3.8, 4) is 0 Å². The molecule has 17 heavy (non-hydrogen) atoms. The zero-order valence-corrected chi connectivity index (χ0v) is 10.3. The third kappa shape index (κ3) is 4.54. The number of carboxylic acid groups (broad SMARTS) is 1. The van der Waals surface area contributed by atoms with Gasteiger partial charge in [0.05, 0.1) is 13.2 Å². The lowest BCUT2D eigenvalue weighted by Crippen LogP contribution is -2.35. The predicted molar refractivity (Wildman–Crippen MR) is 65.5 cm³/mol. The maximum Gasteiger partial charge on any atom is 0.317 e. The van der Waals surface area contributed by atoms with Gasteiger partial charge in [-0.15, -0.1) is 0 Å². The van der Waals surface area contributed by atoms with Crippen LogP contribution < -0.4 is 0 Å². The quantitative estimate of drug-likeness (QED) is 0.786. The largest absolute Gasteiger partial charge is 0.480 e. The average molecular weight is 237 g/mol. The summed E-state index contributed by atoms with van der Waals surface area (Å²) in [4.78, 5) is 12.6. The lowest BCUT2D eigenvalue weighted by Gasteiger charge is -2.24. The number of hydrogen-bond acceptors (Lipinski definition) is 3. The molecule has 0 aliphatic heterocycles. The maximum absolute atomic E-state index is 10.7. The number of carbonyl (C=O) groups is 1. The summed E-state index contributed by atoms with van der Waals surface area (Å²) < 4.78 is 0. The Kier molecular flexibility index (Phi) is 5.12. The highest BCUT2D eigenvalue weighted by atomic mass is 16.4. The summed E-state index contributed by atoms with van der Waals surface area (Å²) in [6, 6.07) is 7.73. The Morgan fingerprint density at radius 1 is 1.24 bits per heavy atom. The van der Waals surface area contributed by atoms with E-state index in [9.17, 15) is 4.79 Å². The molecule has 0 saturated heterocycles. The predicted octanol–water partition coefficient (Wildman–Crippen LogP) is 1.47. The van der Waals surface area contributed by atoms with Crippen molar-refractivity contribution in [1.29, 1.82) is 0 Å². The first-order valence-corrected chi connectivity index (χ1v) is 5.67. The number of rotatable bonds is 6. The number of carboxylic acids is 1. The molecule has 1 aromatic carbocycles. The van der Waals surface area contributed by atoms with Crippen LogP contribution in [-0.4, -0.2) is 33.7 Å². The number of aliphatic hydroxyl groups excluding tert-OH is 1. The van der Waals surface area contributed by atoms with Crippen molar-refractivity contribution < 1.29 is 15.0 Å². The summed E-state index contributed by atoms with van der Waals surface area (Å²) in [5.41, 5.74) is 1.92. The number of hydrogen-bond donors (Lipinski definition) is 2. The Morgan fingerprint density at radius 2 is 1.76 bits per heavy atom. The fraction of sp³-hybridized carbons (Fsp3) is 0.462. The highest BCUT2D eigenvalue weighted by molar-refractivity contribution is 5.69. The molecule has 0 heterocycles. The fourth-order valence-electron chi connectivity index (χ4n) is 1.58. The number of aliphatic hydroxyl groups is 1. The molecule has 94 valence electrons. The molecule has 0 fully saturated rings. The van der Waals surface area contributed by atoms with Crippen molar-refractivity contribution in [2.24, 2.45) is 0 Å². The lowest BCUT2D eigenvalue weighted by molar-refractivity contribution is -0.138. The van der Waals surface area contributed by atoms with Crippen LogP contribution in [0.5, 0.6) is 0 Å². The third-order valence-electron chi connectivity index (χ3n) is 2.66. The molecule has 0 aliphatic carbocycles.